The molecular weight excluding hydrogens is 418 g/mol. The lowest BCUT2D eigenvalue weighted by molar-refractivity contribution is -0.144. The van der Waals surface area contributed by atoms with Crippen molar-refractivity contribution in [2.45, 2.75) is 59.2 Å². The molecule has 0 fully saturated rings. The minimum atomic E-state index is -1.25. The Bertz CT molecular complexity index is 848. The van der Waals surface area contributed by atoms with Crippen LogP contribution in [0.1, 0.15) is 51.8 Å². The number of phenolic OH excluding ortho intramolecular Hbond substituents is 1. The fraction of sp³-hybridized carbons (Fsp3) is 0.545. The van der Waals surface area contributed by atoms with E-state index in [1.165, 1.54) is 25.0 Å². The molecule has 3 amide bonds. The second-order valence-corrected chi connectivity index (χ2v) is 8.20. The third kappa shape index (κ3) is 7.44. The highest BCUT2D eigenvalue weighted by atomic mass is 16.6. The normalized spacial score (nSPS) is 12.8. The van der Waals surface area contributed by atoms with Crippen molar-refractivity contribution in [1.82, 2.24) is 15.5 Å². The molecule has 0 bridgehead atoms. The summed E-state index contributed by atoms with van der Waals surface area (Å²) in [5.41, 5.74) is -0.0512. The molecule has 0 aliphatic carbocycles. The van der Waals surface area contributed by atoms with Gasteiger partial charge in [0.25, 0.3) is 0 Å². The molecule has 10 nitrogen and oxygen atoms in total. The standard InChI is InChI=1S/C22H33N3O7/c1-8-25(20(29)14(3)24-21(30)32-22(4,5)6)17(19(28)23-12-16(26)31-7)15-11-9-10-13(2)18(15)27/h9-11,14,17,27H,8,12H2,1-7H3,(H,23,28)(H,24,30). The van der Waals surface area contributed by atoms with E-state index in [0.717, 1.165) is 0 Å². The van der Waals surface area contributed by atoms with E-state index >= 15 is 0 Å². The molecule has 0 heterocycles. The summed E-state index contributed by atoms with van der Waals surface area (Å²) in [5.74, 6) is -2.07. The van der Waals surface area contributed by atoms with Crippen molar-refractivity contribution in [3.63, 3.8) is 0 Å². The second-order valence-electron chi connectivity index (χ2n) is 8.20. The topological polar surface area (TPSA) is 134 Å². The van der Waals surface area contributed by atoms with Crippen molar-refractivity contribution in [1.29, 1.82) is 0 Å². The van der Waals surface area contributed by atoms with E-state index in [1.807, 2.05) is 0 Å². The lowest BCUT2D eigenvalue weighted by Crippen LogP contribution is -2.52. The molecule has 1 aromatic rings. The molecule has 0 saturated carbocycles. The van der Waals surface area contributed by atoms with Gasteiger partial charge in [0.1, 0.15) is 30.0 Å². The molecule has 0 radical (unpaired) electrons. The molecular formula is C22H33N3O7. The first-order valence-corrected chi connectivity index (χ1v) is 10.2. The minimum absolute atomic E-state index is 0.0862. The number of amides is 3. The monoisotopic (exact) mass is 451 g/mol. The quantitative estimate of drug-likeness (QED) is 0.513. The van der Waals surface area contributed by atoms with Crippen LogP contribution in [0.3, 0.4) is 0 Å². The van der Waals surface area contributed by atoms with Gasteiger partial charge in [-0.1, -0.05) is 18.2 Å². The highest BCUT2D eigenvalue weighted by Gasteiger charge is 2.35. The number of nitrogens with one attached hydrogen (secondary N) is 2. The predicted octanol–water partition coefficient (Wildman–Crippen LogP) is 1.79. The lowest BCUT2D eigenvalue weighted by Gasteiger charge is -2.33. The Morgan fingerprint density at radius 2 is 1.81 bits per heavy atom. The van der Waals surface area contributed by atoms with Gasteiger partial charge in [0.15, 0.2) is 0 Å². The van der Waals surface area contributed by atoms with E-state index in [-0.39, 0.29) is 17.9 Å². The first kappa shape index (κ1) is 26.7. The van der Waals surface area contributed by atoms with Crippen LogP contribution in [0.25, 0.3) is 0 Å². The van der Waals surface area contributed by atoms with Gasteiger partial charge in [-0.05, 0) is 47.1 Å². The Morgan fingerprint density at radius 3 is 2.34 bits per heavy atom. The fourth-order valence-electron chi connectivity index (χ4n) is 2.94. The van der Waals surface area contributed by atoms with E-state index in [1.54, 1.807) is 46.8 Å². The van der Waals surface area contributed by atoms with Gasteiger partial charge < -0.3 is 30.1 Å². The summed E-state index contributed by atoms with van der Waals surface area (Å²) in [6.07, 6.45) is -0.778. The molecule has 2 unspecified atom stereocenters. The van der Waals surface area contributed by atoms with Crippen LogP contribution >= 0.6 is 0 Å². The Labute approximate surface area is 188 Å². The van der Waals surface area contributed by atoms with Crippen LogP contribution in [-0.2, 0) is 23.9 Å². The number of carbonyl (C=O) groups is 4. The van der Waals surface area contributed by atoms with Crippen LogP contribution in [0, 0.1) is 6.92 Å². The van der Waals surface area contributed by atoms with E-state index in [2.05, 4.69) is 15.4 Å². The van der Waals surface area contributed by atoms with Gasteiger partial charge in [0.05, 0.1) is 7.11 Å². The SMILES string of the molecule is CCN(C(=O)C(C)NC(=O)OC(C)(C)C)C(C(=O)NCC(=O)OC)c1cccc(C)c1O. The molecule has 32 heavy (non-hydrogen) atoms. The maximum Gasteiger partial charge on any atom is 0.408 e. The van der Waals surface area contributed by atoms with E-state index in [4.69, 9.17) is 4.74 Å². The molecule has 10 heteroatoms. The summed E-state index contributed by atoms with van der Waals surface area (Å²) in [6, 6.07) is 2.55. The third-order valence-electron chi connectivity index (χ3n) is 4.49. The van der Waals surface area contributed by atoms with Gasteiger partial charge in [0, 0.05) is 12.1 Å². The van der Waals surface area contributed by atoms with Crippen LogP contribution in [-0.4, -0.2) is 65.7 Å². The Balaban J connectivity index is 3.25. The van der Waals surface area contributed by atoms with Crippen LogP contribution in [0.2, 0.25) is 0 Å². The number of phenols is 1. The average Bonchev–Trinajstić information content (AvgIpc) is 2.70. The summed E-state index contributed by atoms with van der Waals surface area (Å²) >= 11 is 0. The molecule has 178 valence electrons. The van der Waals surface area contributed by atoms with Gasteiger partial charge in [-0.25, -0.2) is 4.79 Å². The molecule has 2 atom stereocenters. The van der Waals surface area contributed by atoms with E-state index in [9.17, 15) is 24.3 Å². The zero-order valence-electron chi connectivity index (χ0n) is 19.6. The highest BCUT2D eigenvalue weighted by molar-refractivity contribution is 5.93. The number of benzene rings is 1. The van der Waals surface area contributed by atoms with Gasteiger partial charge in [0.2, 0.25) is 11.8 Å². The van der Waals surface area contributed by atoms with Crippen molar-refractivity contribution in [2.75, 3.05) is 20.2 Å². The summed E-state index contributed by atoms with van der Waals surface area (Å²) < 4.78 is 9.73. The van der Waals surface area contributed by atoms with E-state index < -0.39 is 48.1 Å². The number of hydrogen-bond acceptors (Lipinski definition) is 7. The summed E-state index contributed by atoms with van der Waals surface area (Å²) in [6.45, 7) is 9.55. The number of aryl methyl sites for hydroxylation is 1. The number of alkyl carbamates (subject to hydrolysis) is 1. The number of para-hydroxylation sites is 1. The summed E-state index contributed by atoms with van der Waals surface area (Å²) in [4.78, 5) is 51.0. The van der Waals surface area contributed by atoms with Crippen molar-refractivity contribution in [3.8, 4) is 5.75 Å². The van der Waals surface area contributed by atoms with Gasteiger partial charge in [-0.15, -0.1) is 0 Å². The van der Waals surface area contributed by atoms with Crippen LogP contribution in [0.4, 0.5) is 4.79 Å². The lowest BCUT2D eigenvalue weighted by atomic mass is 9.99. The summed E-state index contributed by atoms with van der Waals surface area (Å²) in [7, 11) is 1.18. The predicted molar refractivity (Wildman–Crippen MR) is 117 cm³/mol. The van der Waals surface area contributed by atoms with Crippen LogP contribution in [0.5, 0.6) is 5.75 Å². The molecule has 0 spiro atoms. The fourth-order valence-corrected chi connectivity index (χ4v) is 2.94. The molecule has 0 aliphatic rings. The molecule has 1 aromatic carbocycles. The number of likely N-dealkylation sites (N-methyl/N-ethyl adjacent to an activating group) is 1. The Hall–Kier alpha value is -3.30. The van der Waals surface area contributed by atoms with Crippen molar-refractivity contribution in [2.24, 2.45) is 0 Å². The number of methoxy groups -OCH3 is 1. The molecule has 1 rings (SSSR count). The number of esters is 1. The Morgan fingerprint density at radius 1 is 1.19 bits per heavy atom. The number of nitrogens with zero attached hydrogens (tertiary/aromatic N) is 1. The van der Waals surface area contributed by atoms with Gasteiger partial charge in [-0.2, -0.15) is 0 Å². The molecule has 3 N–H and O–H groups in total. The number of ether oxygens (including phenoxy) is 2. The first-order chi connectivity index (χ1) is 14.8. The maximum absolute atomic E-state index is 13.2. The third-order valence-corrected chi connectivity index (χ3v) is 4.49. The number of hydrogen-bond donors (Lipinski definition) is 3. The van der Waals surface area contributed by atoms with Crippen molar-refractivity contribution < 1.29 is 33.8 Å². The number of carbonyl (C=O) groups excluding carboxylic acids is 4. The zero-order valence-corrected chi connectivity index (χ0v) is 19.6. The van der Waals surface area contributed by atoms with Crippen LogP contribution in [0.15, 0.2) is 18.2 Å². The molecule has 0 aromatic heterocycles. The van der Waals surface area contributed by atoms with Gasteiger partial charge >= 0.3 is 12.1 Å². The number of rotatable bonds is 8. The Kier molecular flexibility index (Phi) is 9.49. The van der Waals surface area contributed by atoms with Crippen molar-refractivity contribution >= 4 is 23.9 Å². The smallest absolute Gasteiger partial charge is 0.408 e. The highest BCUT2D eigenvalue weighted by Crippen LogP contribution is 2.32. The number of aromatic hydroxyl groups is 1. The van der Waals surface area contributed by atoms with Crippen molar-refractivity contribution in [3.05, 3.63) is 29.3 Å². The first-order valence-electron chi connectivity index (χ1n) is 10.2. The minimum Gasteiger partial charge on any atom is -0.507 e. The second kappa shape index (κ2) is 11.4. The molecule has 0 saturated heterocycles. The zero-order chi connectivity index (χ0) is 24.6. The van der Waals surface area contributed by atoms with Crippen LogP contribution < -0.4 is 10.6 Å². The van der Waals surface area contributed by atoms with Gasteiger partial charge in [-0.3, -0.25) is 14.4 Å². The summed E-state index contributed by atoms with van der Waals surface area (Å²) in [5, 5.41) is 15.5. The largest absolute Gasteiger partial charge is 0.507 e. The molecule has 0 aliphatic heterocycles. The average molecular weight is 452 g/mol. The van der Waals surface area contributed by atoms with E-state index in [0.29, 0.717) is 5.56 Å². The maximum atomic E-state index is 13.2.